The molecule has 1 fully saturated rings. The van der Waals surface area contributed by atoms with Crippen LogP contribution in [0.5, 0.6) is 0 Å². The largest absolute Gasteiger partial charge is 0.352 e. The summed E-state index contributed by atoms with van der Waals surface area (Å²) < 4.78 is 29.0. The number of benzene rings is 3. The van der Waals surface area contributed by atoms with E-state index in [4.69, 9.17) is 34.8 Å². The van der Waals surface area contributed by atoms with Crippen molar-refractivity contribution in [3.63, 3.8) is 0 Å². The maximum Gasteiger partial charge on any atom is 0.264 e. The van der Waals surface area contributed by atoms with Crippen molar-refractivity contribution < 1.29 is 18.0 Å². The van der Waals surface area contributed by atoms with Crippen LogP contribution >= 0.6 is 34.8 Å². The van der Waals surface area contributed by atoms with E-state index >= 15 is 0 Å². The van der Waals surface area contributed by atoms with Crippen molar-refractivity contribution in [2.45, 2.75) is 69.5 Å². The fraction of sp³-hybridized carbons (Fsp3) is 0.355. The quantitative estimate of drug-likeness (QED) is 0.242. The van der Waals surface area contributed by atoms with Gasteiger partial charge in [0.25, 0.3) is 10.0 Å². The monoisotopic (exact) mass is 649 g/mol. The summed E-state index contributed by atoms with van der Waals surface area (Å²) in [6, 6.07) is 16.9. The molecule has 7 nitrogen and oxygen atoms in total. The Morgan fingerprint density at radius 1 is 0.905 bits per heavy atom. The molecule has 4 rings (SSSR count). The maximum absolute atomic E-state index is 14.2. The molecule has 0 bridgehead atoms. The van der Waals surface area contributed by atoms with Crippen LogP contribution in [0.25, 0.3) is 0 Å². The Morgan fingerprint density at radius 2 is 1.50 bits per heavy atom. The van der Waals surface area contributed by atoms with E-state index in [1.54, 1.807) is 36.4 Å². The summed E-state index contributed by atoms with van der Waals surface area (Å²) in [6.07, 6.45) is 4.22. The lowest BCUT2D eigenvalue weighted by Crippen LogP contribution is -2.53. The van der Waals surface area contributed by atoms with Gasteiger partial charge in [0.05, 0.1) is 10.6 Å². The second-order valence-electron chi connectivity index (χ2n) is 10.5. The predicted octanol–water partition coefficient (Wildman–Crippen LogP) is 7.02. The van der Waals surface area contributed by atoms with E-state index < -0.39 is 28.5 Å². The van der Waals surface area contributed by atoms with Gasteiger partial charge in [-0.1, -0.05) is 84.4 Å². The number of carbonyl (C=O) groups is 2. The van der Waals surface area contributed by atoms with E-state index in [0.29, 0.717) is 11.4 Å². The second-order valence-corrected chi connectivity index (χ2v) is 13.7. The van der Waals surface area contributed by atoms with Crippen molar-refractivity contribution in [2.75, 3.05) is 10.8 Å². The smallest absolute Gasteiger partial charge is 0.264 e. The number of nitrogens with one attached hydrogen (secondary N) is 1. The van der Waals surface area contributed by atoms with E-state index in [1.807, 2.05) is 13.8 Å². The van der Waals surface area contributed by atoms with Crippen LogP contribution in [0.1, 0.15) is 50.2 Å². The molecule has 1 saturated carbocycles. The Bertz CT molecular complexity index is 1490. The molecule has 2 amide bonds. The molecule has 0 radical (unpaired) electrons. The summed E-state index contributed by atoms with van der Waals surface area (Å²) in [4.78, 5) is 29.2. The SMILES string of the molecule is CC[C@H](C(=O)NC1CCCC1)N(Cc1ccc(Cl)cc1)C(=O)CN(c1cc(Cl)cc(Cl)c1)S(=O)(=O)c1ccc(C)cc1. The van der Waals surface area contributed by atoms with Crippen molar-refractivity contribution in [3.8, 4) is 0 Å². The van der Waals surface area contributed by atoms with Gasteiger partial charge in [0.2, 0.25) is 11.8 Å². The summed E-state index contributed by atoms with van der Waals surface area (Å²) >= 11 is 18.6. The number of rotatable bonds is 11. The Morgan fingerprint density at radius 3 is 2.07 bits per heavy atom. The van der Waals surface area contributed by atoms with Crippen LogP contribution < -0.4 is 9.62 Å². The number of hydrogen-bond donors (Lipinski definition) is 1. The molecule has 0 saturated heterocycles. The van der Waals surface area contributed by atoms with Gasteiger partial charge in [-0.25, -0.2) is 8.42 Å². The lowest BCUT2D eigenvalue weighted by atomic mass is 10.1. The number of nitrogens with zero attached hydrogens (tertiary/aromatic N) is 2. The highest BCUT2D eigenvalue weighted by Crippen LogP contribution is 2.30. The van der Waals surface area contributed by atoms with Crippen molar-refractivity contribution in [1.82, 2.24) is 10.2 Å². The first-order valence-electron chi connectivity index (χ1n) is 13.9. The van der Waals surface area contributed by atoms with Gasteiger partial charge in [-0.05, 0) is 74.2 Å². The van der Waals surface area contributed by atoms with Crippen molar-refractivity contribution in [2.24, 2.45) is 0 Å². The molecule has 0 unspecified atom stereocenters. The van der Waals surface area contributed by atoms with Gasteiger partial charge in [0.1, 0.15) is 12.6 Å². The van der Waals surface area contributed by atoms with E-state index in [2.05, 4.69) is 5.32 Å². The number of anilines is 1. The van der Waals surface area contributed by atoms with Gasteiger partial charge in [0, 0.05) is 27.7 Å². The van der Waals surface area contributed by atoms with Crippen LogP contribution in [0.2, 0.25) is 15.1 Å². The first kappa shape index (κ1) is 32.1. The van der Waals surface area contributed by atoms with Gasteiger partial charge in [-0.15, -0.1) is 0 Å². The summed E-state index contributed by atoms with van der Waals surface area (Å²) in [5, 5.41) is 4.07. The average molecular weight is 651 g/mol. The Labute approximate surface area is 262 Å². The third-order valence-electron chi connectivity index (χ3n) is 7.38. The van der Waals surface area contributed by atoms with Crippen molar-refractivity contribution in [3.05, 3.63) is 92.9 Å². The standard InChI is InChI=1S/C31H34Cl3N3O4S/c1-3-29(31(39)35-26-6-4-5-7-26)36(19-22-10-12-23(32)13-11-22)30(38)20-37(27-17-24(33)16-25(34)18-27)42(40,41)28-14-8-21(2)9-15-28/h8-18,26,29H,3-7,19-20H2,1-2H3,(H,35,39)/t29-/m1/s1. The third-order valence-corrected chi connectivity index (χ3v) is 9.85. The molecule has 1 atom stereocenters. The molecule has 1 N–H and O–H groups in total. The molecule has 42 heavy (non-hydrogen) atoms. The van der Waals surface area contributed by atoms with Crippen LogP contribution in [0.4, 0.5) is 5.69 Å². The highest BCUT2D eigenvalue weighted by molar-refractivity contribution is 7.92. The molecule has 0 heterocycles. The van der Waals surface area contributed by atoms with Gasteiger partial charge < -0.3 is 10.2 Å². The lowest BCUT2D eigenvalue weighted by Gasteiger charge is -2.34. The van der Waals surface area contributed by atoms with E-state index in [-0.39, 0.29) is 39.1 Å². The number of aryl methyl sites for hydroxylation is 1. The zero-order valence-corrected chi connectivity index (χ0v) is 26.6. The molecule has 0 spiro atoms. The van der Waals surface area contributed by atoms with Crippen LogP contribution in [0, 0.1) is 6.92 Å². The highest BCUT2D eigenvalue weighted by Gasteiger charge is 2.34. The second kappa shape index (κ2) is 14.1. The van der Waals surface area contributed by atoms with Crippen molar-refractivity contribution in [1.29, 1.82) is 0 Å². The molecule has 0 aliphatic heterocycles. The Hall–Kier alpha value is -2.78. The topological polar surface area (TPSA) is 86.8 Å². The molecule has 3 aromatic rings. The zero-order valence-electron chi connectivity index (χ0n) is 23.5. The number of amides is 2. The summed E-state index contributed by atoms with van der Waals surface area (Å²) in [5.74, 6) is -0.810. The molecule has 1 aliphatic rings. The van der Waals surface area contributed by atoms with Crippen LogP contribution in [-0.2, 0) is 26.2 Å². The Balaban J connectivity index is 1.73. The van der Waals surface area contributed by atoms with Gasteiger partial charge >= 0.3 is 0 Å². The molecular weight excluding hydrogens is 617 g/mol. The molecule has 224 valence electrons. The minimum Gasteiger partial charge on any atom is -0.352 e. The maximum atomic E-state index is 14.2. The summed E-state index contributed by atoms with van der Waals surface area (Å²) in [7, 11) is -4.23. The van der Waals surface area contributed by atoms with E-state index in [1.165, 1.54) is 35.2 Å². The highest BCUT2D eigenvalue weighted by atomic mass is 35.5. The summed E-state index contributed by atoms with van der Waals surface area (Å²) in [5.41, 5.74) is 1.77. The molecular formula is C31H34Cl3N3O4S. The van der Waals surface area contributed by atoms with Crippen LogP contribution in [-0.4, -0.2) is 43.8 Å². The number of carbonyl (C=O) groups excluding carboxylic acids is 2. The van der Waals surface area contributed by atoms with E-state index in [9.17, 15) is 18.0 Å². The first-order chi connectivity index (χ1) is 20.0. The van der Waals surface area contributed by atoms with Gasteiger partial charge in [0.15, 0.2) is 0 Å². The predicted molar refractivity (Wildman–Crippen MR) is 169 cm³/mol. The normalized spacial score (nSPS) is 14.4. The zero-order chi connectivity index (χ0) is 30.4. The Kier molecular flexibility index (Phi) is 10.8. The number of hydrogen-bond acceptors (Lipinski definition) is 4. The summed E-state index contributed by atoms with van der Waals surface area (Å²) in [6.45, 7) is 3.19. The molecule has 0 aromatic heterocycles. The number of sulfonamides is 1. The van der Waals surface area contributed by atoms with Crippen LogP contribution in [0.3, 0.4) is 0 Å². The fourth-order valence-electron chi connectivity index (χ4n) is 5.12. The minimum atomic E-state index is -4.23. The van der Waals surface area contributed by atoms with Gasteiger partial charge in [-0.2, -0.15) is 0 Å². The molecule has 1 aliphatic carbocycles. The van der Waals surface area contributed by atoms with Crippen molar-refractivity contribution >= 4 is 62.3 Å². The third kappa shape index (κ3) is 7.98. The molecule has 11 heteroatoms. The lowest BCUT2D eigenvalue weighted by molar-refractivity contribution is -0.140. The minimum absolute atomic E-state index is 0.00673. The number of halogens is 3. The van der Waals surface area contributed by atoms with Gasteiger partial charge in [-0.3, -0.25) is 13.9 Å². The van der Waals surface area contributed by atoms with Crippen LogP contribution in [0.15, 0.2) is 71.6 Å². The average Bonchev–Trinajstić information content (AvgIpc) is 3.45. The van der Waals surface area contributed by atoms with E-state index in [0.717, 1.165) is 41.1 Å². The molecule has 3 aromatic carbocycles. The fourth-order valence-corrected chi connectivity index (χ4v) is 7.16. The first-order valence-corrected chi connectivity index (χ1v) is 16.4.